The smallest absolute Gasteiger partial charge is 0.305 e. The molecule has 358 valence electrons. The Balaban J connectivity index is 1.75. The average Bonchev–Trinajstić information content (AvgIpc) is 3.96. The van der Waals surface area contributed by atoms with Crippen molar-refractivity contribution < 1.29 is 48.5 Å². The van der Waals surface area contributed by atoms with Gasteiger partial charge in [0.05, 0.1) is 61.1 Å². The first-order chi connectivity index (χ1) is 31.8. The minimum Gasteiger partial charge on any atom is -0.481 e. The maximum atomic E-state index is 14.5. The third kappa shape index (κ3) is 12.0. The van der Waals surface area contributed by atoms with Crippen molar-refractivity contribution in [3.05, 3.63) is 75.4 Å². The normalized spacial score (nSPS) is 15.3. The van der Waals surface area contributed by atoms with E-state index in [1.165, 1.54) is 7.11 Å². The lowest BCUT2D eigenvalue weighted by Gasteiger charge is -2.19. The van der Waals surface area contributed by atoms with E-state index in [9.17, 15) is 33.6 Å². The number of aliphatic carboxylic acids is 2. The van der Waals surface area contributed by atoms with Crippen LogP contribution < -0.4 is 32.7 Å². The first-order valence-corrected chi connectivity index (χ1v) is 22.0. The number of nitrogens with zero attached hydrogens (tertiary/aromatic N) is 2. The monoisotopic (exact) mass is 924 g/mol. The minimum atomic E-state index is -1.30. The number of H-pyrrole nitrogens is 2. The first kappa shape index (κ1) is 50.8. The number of allylic oxidation sites excluding steroid dienone is 1. The molecule has 5 heterocycles. The fraction of sp³-hybridized carbons (Fsp3) is 0.426. The molecule has 0 radical (unpaired) electrons. The fourth-order valence-corrected chi connectivity index (χ4v) is 8.37. The van der Waals surface area contributed by atoms with Crippen molar-refractivity contribution in [2.24, 2.45) is 11.5 Å². The van der Waals surface area contributed by atoms with Gasteiger partial charge in [0.1, 0.15) is 0 Å². The molecule has 5 rings (SSSR count). The lowest BCUT2D eigenvalue weighted by Crippen LogP contribution is -2.44. The van der Waals surface area contributed by atoms with Crippen LogP contribution in [0, 0.1) is 13.8 Å². The summed E-state index contributed by atoms with van der Waals surface area (Å²) >= 11 is 0. The van der Waals surface area contributed by atoms with Crippen LogP contribution in [0.4, 0.5) is 0 Å². The van der Waals surface area contributed by atoms with Crippen molar-refractivity contribution in [3.63, 3.8) is 0 Å². The van der Waals surface area contributed by atoms with E-state index in [0.717, 1.165) is 44.3 Å². The summed E-state index contributed by atoms with van der Waals surface area (Å²) in [4.78, 5) is 106. The van der Waals surface area contributed by atoms with E-state index >= 15 is 0 Å². The molecular formula is C47H60N10O10. The summed E-state index contributed by atoms with van der Waals surface area (Å²) in [6, 6.07) is 3.22. The van der Waals surface area contributed by atoms with E-state index in [0.29, 0.717) is 34.6 Å². The van der Waals surface area contributed by atoms with Gasteiger partial charge in [0, 0.05) is 83.3 Å². The number of aryl methyl sites for hydroxylation is 3. The summed E-state index contributed by atoms with van der Waals surface area (Å²) in [5.41, 5.74) is 20.9. The molecule has 8 bridgehead atoms. The molecule has 0 aliphatic carbocycles. The van der Waals surface area contributed by atoms with Crippen molar-refractivity contribution in [2.75, 3.05) is 33.3 Å². The number of nitrogens with one attached hydrogen (secondary N) is 6. The number of aromatic nitrogens is 4. The third-order valence-corrected chi connectivity index (χ3v) is 12.1. The van der Waals surface area contributed by atoms with Gasteiger partial charge in [0.15, 0.2) is 0 Å². The second-order valence-corrected chi connectivity index (χ2v) is 16.6. The second-order valence-electron chi connectivity index (χ2n) is 16.6. The van der Waals surface area contributed by atoms with Crippen molar-refractivity contribution in [2.45, 2.75) is 97.1 Å². The minimum absolute atomic E-state index is 0.0119. The maximum Gasteiger partial charge on any atom is 0.305 e. The molecule has 67 heavy (non-hydrogen) atoms. The number of aromatic amines is 2. The van der Waals surface area contributed by atoms with Gasteiger partial charge in [-0.05, 0) is 74.1 Å². The van der Waals surface area contributed by atoms with E-state index in [1.54, 1.807) is 13.0 Å². The molecule has 2 aliphatic rings. The van der Waals surface area contributed by atoms with E-state index in [2.05, 4.69) is 37.8 Å². The van der Waals surface area contributed by atoms with Gasteiger partial charge >= 0.3 is 17.9 Å². The van der Waals surface area contributed by atoms with Crippen LogP contribution in [-0.2, 0) is 51.1 Å². The molecule has 0 aromatic carbocycles. The number of carbonyl (C=O) groups is 7. The lowest BCUT2D eigenvalue weighted by atomic mass is 9.84. The van der Waals surface area contributed by atoms with Gasteiger partial charge in [0.2, 0.25) is 17.7 Å². The molecule has 0 fully saturated rings. The van der Waals surface area contributed by atoms with Crippen molar-refractivity contribution >= 4 is 80.8 Å². The van der Waals surface area contributed by atoms with Crippen molar-refractivity contribution in [3.8, 4) is 0 Å². The Kier molecular flexibility index (Phi) is 16.9. The highest BCUT2D eigenvalue weighted by Gasteiger charge is 2.36. The molecule has 0 saturated heterocycles. The Morgan fingerprint density at radius 1 is 0.806 bits per heavy atom. The maximum absolute atomic E-state index is 14.5. The number of hydrogen-bond acceptors (Lipinski definition) is 12. The van der Waals surface area contributed by atoms with Gasteiger partial charge in [-0.15, -0.1) is 0 Å². The zero-order chi connectivity index (χ0) is 49.3. The van der Waals surface area contributed by atoms with E-state index in [1.807, 2.05) is 45.9 Å². The SMILES string of the molecule is C=Cc1c(C)c2cc3nc(c(CC(=O)NCCNC(=O)[C@@H](N)CC(=O)O)c4nc(cc5[nH]c(cc1[nH]2)c(C)c5CC)C(C)=C4C(=O)NCCNC(=O)[C@@H](N)CC(=O)O)[C@@H](CCC(=O)OC)[C@@H]3C. The largest absolute Gasteiger partial charge is 0.481 e. The van der Waals surface area contributed by atoms with Crippen LogP contribution in [0.15, 0.2) is 24.8 Å². The molecular weight excluding hydrogens is 865 g/mol. The van der Waals surface area contributed by atoms with Crippen LogP contribution in [0.1, 0.15) is 109 Å². The molecule has 0 spiro atoms. The molecule has 12 N–H and O–H groups in total. The zero-order valence-corrected chi connectivity index (χ0v) is 38.6. The summed E-state index contributed by atoms with van der Waals surface area (Å²) in [5.74, 6) is -6.27. The molecule has 0 saturated carbocycles. The number of carbonyl (C=O) groups excluding carboxylic acids is 5. The molecule has 3 aromatic rings. The Labute approximate surface area is 386 Å². The number of amides is 4. The highest BCUT2D eigenvalue weighted by Crippen LogP contribution is 2.44. The number of methoxy groups -OCH3 is 1. The Morgan fingerprint density at radius 2 is 1.39 bits per heavy atom. The third-order valence-electron chi connectivity index (χ3n) is 12.1. The molecule has 4 atom stereocenters. The quantitative estimate of drug-likeness (QED) is 0.0575. The van der Waals surface area contributed by atoms with Crippen molar-refractivity contribution in [1.82, 2.24) is 41.2 Å². The Hall–Kier alpha value is -7.19. The van der Waals surface area contributed by atoms with E-state index in [-0.39, 0.29) is 62.6 Å². The lowest BCUT2D eigenvalue weighted by molar-refractivity contribution is -0.141. The fourth-order valence-electron chi connectivity index (χ4n) is 8.37. The van der Waals surface area contributed by atoms with Crippen molar-refractivity contribution in [1.29, 1.82) is 0 Å². The van der Waals surface area contributed by atoms with Crippen LogP contribution in [-0.4, -0.2) is 117 Å². The number of rotatable bonds is 20. The van der Waals surface area contributed by atoms with Crippen LogP contribution in [0.3, 0.4) is 0 Å². The van der Waals surface area contributed by atoms with Gasteiger partial charge in [-0.3, -0.25) is 38.5 Å². The van der Waals surface area contributed by atoms with Crippen LogP contribution in [0.5, 0.6) is 0 Å². The Bertz CT molecular complexity index is 2680. The predicted molar refractivity (Wildman–Crippen MR) is 251 cm³/mol. The molecule has 20 nitrogen and oxygen atoms in total. The average molecular weight is 925 g/mol. The molecule has 4 amide bonds. The summed E-state index contributed by atoms with van der Waals surface area (Å²) < 4.78 is 5.03. The number of hydrogen-bond donors (Lipinski definition) is 10. The van der Waals surface area contributed by atoms with Crippen LogP contribution in [0.25, 0.3) is 39.3 Å². The number of ether oxygens (including phenoxy) is 1. The number of nitrogens with two attached hydrogens (primary N) is 2. The second kappa shape index (κ2) is 22.3. The highest BCUT2D eigenvalue weighted by molar-refractivity contribution is 6.27. The van der Waals surface area contributed by atoms with Gasteiger partial charge in [-0.25, -0.2) is 4.98 Å². The van der Waals surface area contributed by atoms with Gasteiger partial charge < -0.3 is 57.7 Å². The summed E-state index contributed by atoms with van der Waals surface area (Å²) in [5, 5.41) is 28.8. The van der Waals surface area contributed by atoms with Gasteiger partial charge in [-0.2, -0.15) is 0 Å². The highest BCUT2D eigenvalue weighted by atomic mass is 16.5. The van der Waals surface area contributed by atoms with Crippen LogP contribution >= 0.6 is 0 Å². The Morgan fingerprint density at radius 3 is 1.97 bits per heavy atom. The summed E-state index contributed by atoms with van der Waals surface area (Å²) in [7, 11) is 1.30. The molecule has 20 heteroatoms. The number of fused-ring (bicyclic) bond motifs is 8. The van der Waals surface area contributed by atoms with E-state index in [4.69, 9.17) is 36.4 Å². The number of carboxylic acids is 2. The number of carboxylic acid groups (broad SMARTS) is 2. The zero-order valence-electron chi connectivity index (χ0n) is 38.6. The molecule has 2 aliphatic heterocycles. The summed E-state index contributed by atoms with van der Waals surface area (Å²) in [6.45, 7) is 13.5. The number of esters is 1. The van der Waals surface area contributed by atoms with Gasteiger partial charge in [0.25, 0.3) is 5.91 Å². The standard InChI is InChI=1S/C47H60N10O10/c1-8-26-22(3)32-19-34-24(5)28(10-11-41(63)67-7)43(56-34)29(16-38(58)50-12-13-51-45(64)30(48)17-39(59)60)44-42(47(66)53-15-14-52-46(65)31(49)18-40(61)62)25(6)35(57-44)21-37-27(9-2)23(4)33(55-37)20-36(26)54-32/h8,19-21,24,28,30-31,54-55H,1,9-18,48-49H2,2-7H3,(H,50,58)(H,51,64)(H,52,65)(H,53,66)(H,59,60)(H,61,62)/t24-,28-,30-,31-/m0/s1. The predicted octanol–water partition coefficient (Wildman–Crippen LogP) is 2.52. The molecule has 3 aromatic heterocycles. The van der Waals surface area contributed by atoms with E-state index < -0.39 is 72.4 Å². The first-order valence-electron chi connectivity index (χ1n) is 22.0. The topological polar surface area (TPSA) is 327 Å². The van der Waals surface area contributed by atoms with Gasteiger partial charge in [-0.1, -0.05) is 26.5 Å². The molecule has 0 unspecified atom stereocenters. The summed E-state index contributed by atoms with van der Waals surface area (Å²) in [6.07, 6.45) is 1.19. The van der Waals surface area contributed by atoms with Crippen LogP contribution in [0.2, 0.25) is 0 Å².